The minimum absolute atomic E-state index is 0.0329. The van der Waals surface area contributed by atoms with Gasteiger partial charge >= 0.3 is 0 Å². The van der Waals surface area contributed by atoms with Crippen LogP contribution in [0.3, 0.4) is 0 Å². The highest BCUT2D eigenvalue weighted by Gasteiger charge is 2.28. The first kappa shape index (κ1) is 15.5. The molecule has 0 aromatic heterocycles. The van der Waals surface area contributed by atoms with E-state index in [0.717, 1.165) is 31.6 Å². The van der Waals surface area contributed by atoms with Crippen molar-refractivity contribution in [2.45, 2.75) is 38.8 Å². The molecule has 0 spiro atoms. The average Bonchev–Trinajstić information content (AvgIpc) is 2.89. The van der Waals surface area contributed by atoms with Gasteiger partial charge in [0.1, 0.15) is 0 Å². The number of amides is 2. The van der Waals surface area contributed by atoms with Crippen molar-refractivity contribution >= 4 is 17.5 Å². The van der Waals surface area contributed by atoms with E-state index in [0.29, 0.717) is 6.42 Å². The summed E-state index contributed by atoms with van der Waals surface area (Å²) in [5, 5.41) is 5.98. The monoisotopic (exact) mass is 289 g/mol. The predicted octanol–water partition coefficient (Wildman–Crippen LogP) is 1.75. The summed E-state index contributed by atoms with van der Waals surface area (Å²) in [6.07, 6.45) is 2.27. The Labute approximate surface area is 125 Å². The van der Waals surface area contributed by atoms with Crippen molar-refractivity contribution in [2.24, 2.45) is 0 Å². The van der Waals surface area contributed by atoms with Crippen LogP contribution < -0.4 is 10.6 Å². The molecule has 1 aliphatic rings. The fourth-order valence-electron chi connectivity index (χ4n) is 2.80. The maximum absolute atomic E-state index is 12.1. The average molecular weight is 289 g/mol. The molecule has 2 rings (SSSR count). The van der Waals surface area contributed by atoms with Gasteiger partial charge in [-0.25, -0.2) is 0 Å². The summed E-state index contributed by atoms with van der Waals surface area (Å²) in [5.74, 6) is 0.0243. The Hall–Kier alpha value is -1.88. The summed E-state index contributed by atoms with van der Waals surface area (Å²) < 4.78 is 0. The van der Waals surface area contributed by atoms with Crippen molar-refractivity contribution in [3.63, 3.8) is 0 Å². The van der Waals surface area contributed by atoms with Crippen LogP contribution in [0, 0.1) is 0 Å². The molecule has 5 nitrogen and oxygen atoms in total. The van der Waals surface area contributed by atoms with E-state index in [-0.39, 0.29) is 17.9 Å². The molecule has 114 valence electrons. The quantitative estimate of drug-likeness (QED) is 0.868. The highest BCUT2D eigenvalue weighted by molar-refractivity contribution is 5.91. The molecule has 2 N–H and O–H groups in total. The van der Waals surface area contributed by atoms with E-state index in [4.69, 9.17) is 0 Å². The molecule has 2 amide bonds. The van der Waals surface area contributed by atoms with E-state index >= 15 is 0 Å². The number of nitrogens with zero attached hydrogens (tertiary/aromatic N) is 1. The third kappa shape index (κ3) is 4.29. The normalized spacial score (nSPS) is 17.8. The second-order valence-electron chi connectivity index (χ2n) is 5.49. The van der Waals surface area contributed by atoms with Crippen molar-refractivity contribution in [1.82, 2.24) is 10.2 Å². The number of benzene rings is 1. The molecule has 1 fully saturated rings. The van der Waals surface area contributed by atoms with Crippen molar-refractivity contribution in [2.75, 3.05) is 18.9 Å². The number of hydrogen-bond donors (Lipinski definition) is 2. The molecule has 0 aliphatic carbocycles. The number of rotatable bonds is 5. The van der Waals surface area contributed by atoms with Gasteiger partial charge in [0.05, 0.1) is 0 Å². The van der Waals surface area contributed by atoms with E-state index in [2.05, 4.69) is 10.6 Å². The fraction of sp³-hybridized carbons (Fsp3) is 0.500. The maximum Gasteiger partial charge on any atom is 0.226 e. The van der Waals surface area contributed by atoms with Crippen LogP contribution >= 0.6 is 0 Å². The molecule has 0 radical (unpaired) electrons. The second-order valence-corrected chi connectivity index (χ2v) is 5.49. The number of carbonyl (C=O) groups is 2. The molecule has 1 unspecified atom stereocenters. The van der Waals surface area contributed by atoms with Crippen LogP contribution in [0.15, 0.2) is 24.3 Å². The van der Waals surface area contributed by atoms with Gasteiger partial charge in [0.15, 0.2) is 0 Å². The summed E-state index contributed by atoms with van der Waals surface area (Å²) in [5.41, 5.74) is 1.97. The molecule has 0 saturated carbocycles. The lowest BCUT2D eigenvalue weighted by Crippen LogP contribution is -2.36. The number of hydrogen-bond acceptors (Lipinski definition) is 3. The molecule has 1 aromatic rings. The summed E-state index contributed by atoms with van der Waals surface area (Å²) in [6, 6.07) is 7.84. The minimum Gasteiger partial charge on any atom is -0.339 e. The molecular weight excluding hydrogens is 266 g/mol. The lowest BCUT2D eigenvalue weighted by Gasteiger charge is -2.22. The van der Waals surface area contributed by atoms with Crippen LogP contribution in [0.5, 0.6) is 0 Å². The van der Waals surface area contributed by atoms with Gasteiger partial charge in [-0.1, -0.05) is 12.1 Å². The van der Waals surface area contributed by atoms with Gasteiger partial charge in [0.25, 0.3) is 0 Å². The van der Waals surface area contributed by atoms with E-state index in [1.165, 1.54) is 5.56 Å². The van der Waals surface area contributed by atoms with Gasteiger partial charge in [-0.15, -0.1) is 0 Å². The van der Waals surface area contributed by atoms with Crippen LogP contribution in [-0.2, 0) is 16.1 Å². The third-order valence-electron chi connectivity index (χ3n) is 3.82. The number of nitrogens with one attached hydrogen (secondary N) is 2. The van der Waals surface area contributed by atoms with Crippen LogP contribution in [-0.4, -0.2) is 36.3 Å². The molecule has 1 saturated heterocycles. The zero-order valence-corrected chi connectivity index (χ0v) is 12.7. The number of likely N-dealkylation sites (tertiary alicyclic amines) is 1. The van der Waals surface area contributed by atoms with Crippen LogP contribution in [0.2, 0.25) is 0 Å². The topological polar surface area (TPSA) is 61.4 Å². The third-order valence-corrected chi connectivity index (χ3v) is 3.82. The van der Waals surface area contributed by atoms with Gasteiger partial charge in [-0.05, 0) is 37.6 Å². The first-order valence-corrected chi connectivity index (χ1v) is 7.40. The maximum atomic E-state index is 12.1. The Morgan fingerprint density at radius 2 is 2.00 bits per heavy atom. The van der Waals surface area contributed by atoms with Gasteiger partial charge in [0.2, 0.25) is 11.8 Å². The van der Waals surface area contributed by atoms with Crippen molar-refractivity contribution in [1.29, 1.82) is 0 Å². The first-order valence-electron chi connectivity index (χ1n) is 7.40. The Bertz CT molecular complexity index is 499. The Morgan fingerprint density at radius 1 is 1.29 bits per heavy atom. The van der Waals surface area contributed by atoms with E-state index in [1.807, 2.05) is 31.3 Å². The minimum atomic E-state index is -0.0329. The molecule has 1 atom stereocenters. The largest absolute Gasteiger partial charge is 0.339 e. The highest BCUT2D eigenvalue weighted by Crippen LogP contribution is 2.21. The van der Waals surface area contributed by atoms with Crippen molar-refractivity contribution in [3.05, 3.63) is 29.8 Å². The molecule has 21 heavy (non-hydrogen) atoms. The fourth-order valence-corrected chi connectivity index (χ4v) is 2.80. The Balaban J connectivity index is 1.88. The lowest BCUT2D eigenvalue weighted by atomic mass is 10.1. The molecule has 1 aliphatic heterocycles. The first-order chi connectivity index (χ1) is 10.1. The van der Waals surface area contributed by atoms with E-state index in [9.17, 15) is 9.59 Å². The standard InChI is InChI=1S/C16H23N3O2/c1-12(20)19-9-3-4-15(19)10-16(21)18-14-7-5-13(6-8-14)11-17-2/h5-8,15,17H,3-4,9-11H2,1-2H3,(H,18,21). The smallest absolute Gasteiger partial charge is 0.226 e. The lowest BCUT2D eigenvalue weighted by molar-refractivity contribution is -0.130. The summed E-state index contributed by atoms with van der Waals surface area (Å²) >= 11 is 0. The summed E-state index contributed by atoms with van der Waals surface area (Å²) in [6.45, 7) is 3.15. The van der Waals surface area contributed by atoms with E-state index in [1.54, 1.807) is 11.8 Å². The molecule has 1 aromatic carbocycles. The summed E-state index contributed by atoms with van der Waals surface area (Å²) in [7, 11) is 1.90. The van der Waals surface area contributed by atoms with Crippen molar-refractivity contribution < 1.29 is 9.59 Å². The van der Waals surface area contributed by atoms with Crippen LogP contribution in [0.4, 0.5) is 5.69 Å². The zero-order valence-electron chi connectivity index (χ0n) is 12.7. The second kappa shape index (κ2) is 7.22. The molecule has 1 heterocycles. The highest BCUT2D eigenvalue weighted by atomic mass is 16.2. The van der Waals surface area contributed by atoms with Gasteiger partial charge in [-0.2, -0.15) is 0 Å². The Morgan fingerprint density at radius 3 is 2.62 bits per heavy atom. The SMILES string of the molecule is CNCc1ccc(NC(=O)CC2CCCN2C(C)=O)cc1. The molecule has 0 bridgehead atoms. The molecular formula is C16H23N3O2. The van der Waals surface area contributed by atoms with E-state index < -0.39 is 0 Å². The van der Waals surface area contributed by atoms with Crippen LogP contribution in [0.25, 0.3) is 0 Å². The van der Waals surface area contributed by atoms with Gasteiger partial charge < -0.3 is 15.5 Å². The number of anilines is 1. The van der Waals surface area contributed by atoms with Gasteiger partial charge in [0, 0.05) is 38.2 Å². The van der Waals surface area contributed by atoms with Crippen molar-refractivity contribution in [3.8, 4) is 0 Å². The predicted molar refractivity (Wildman–Crippen MR) is 82.9 cm³/mol. The zero-order chi connectivity index (χ0) is 15.2. The van der Waals surface area contributed by atoms with Crippen LogP contribution in [0.1, 0.15) is 31.7 Å². The molecule has 5 heteroatoms. The Kier molecular flexibility index (Phi) is 5.33. The van der Waals surface area contributed by atoms with Gasteiger partial charge in [-0.3, -0.25) is 9.59 Å². The number of carbonyl (C=O) groups excluding carboxylic acids is 2. The summed E-state index contributed by atoms with van der Waals surface area (Å²) in [4.78, 5) is 25.4.